The summed E-state index contributed by atoms with van der Waals surface area (Å²) in [5, 5.41) is 9.29. The van der Waals surface area contributed by atoms with Crippen molar-refractivity contribution in [3.8, 4) is 0 Å². The molecule has 1 aliphatic carbocycles. The average Bonchev–Trinajstić information content (AvgIpc) is 2.73. The summed E-state index contributed by atoms with van der Waals surface area (Å²) in [6, 6.07) is 3.41. The third-order valence-corrected chi connectivity index (χ3v) is 6.54. The highest BCUT2D eigenvalue weighted by Crippen LogP contribution is 2.32. The van der Waals surface area contributed by atoms with E-state index in [1.165, 1.54) is 0 Å². The van der Waals surface area contributed by atoms with Gasteiger partial charge in [-0.25, -0.2) is 13.1 Å². The van der Waals surface area contributed by atoms with Crippen LogP contribution in [0.5, 0.6) is 0 Å². The lowest BCUT2D eigenvalue weighted by Crippen LogP contribution is -2.37. The molecule has 0 radical (unpaired) electrons. The molecule has 0 saturated heterocycles. The monoisotopic (exact) mass is 311 g/mol. The fourth-order valence-electron chi connectivity index (χ4n) is 3.06. The fourth-order valence-corrected chi connectivity index (χ4v) is 4.79. The van der Waals surface area contributed by atoms with Crippen molar-refractivity contribution < 1.29 is 13.5 Å². The van der Waals surface area contributed by atoms with E-state index in [4.69, 9.17) is 0 Å². The van der Waals surface area contributed by atoms with Gasteiger partial charge in [0.25, 0.3) is 0 Å². The molecule has 1 aromatic carbocycles. The number of aryl methyl sites for hydroxylation is 1. The predicted octanol–water partition coefficient (Wildman–Crippen LogP) is 2.51. The normalized spacial score (nSPS) is 26.2. The Balaban J connectivity index is 2.34. The lowest BCUT2D eigenvalue weighted by atomic mass is 9.98. The zero-order valence-corrected chi connectivity index (χ0v) is 14.0. The van der Waals surface area contributed by atoms with Gasteiger partial charge in [-0.1, -0.05) is 19.9 Å². The Bertz CT molecular complexity index is 625. The van der Waals surface area contributed by atoms with Crippen LogP contribution < -0.4 is 4.72 Å². The van der Waals surface area contributed by atoms with Gasteiger partial charge in [-0.3, -0.25) is 0 Å². The van der Waals surface area contributed by atoms with Crippen molar-refractivity contribution in [3.05, 3.63) is 28.8 Å². The smallest absolute Gasteiger partial charge is 0.241 e. The third kappa shape index (κ3) is 3.30. The van der Waals surface area contributed by atoms with Gasteiger partial charge < -0.3 is 5.11 Å². The van der Waals surface area contributed by atoms with Crippen molar-refractivity contribution in [2.24, 2.45) is 11.8 Å². The van der Waals surface area contributed by atoms with Crippen molar-refractivity contribution in [1.29, 1.82) is 0 Å². The number of nitrogens with one attached hydrogen (secondary N) is 1. The van der Waals surface area contributed by atoms with E-state index in [1.54, 1.807) is 6.07 Å². The highest BCUT2D eigenvalue weighted by molar-refractivity contribution is 7.89. The Morgan fingerprint density at radius 1 is 1.24 bits per heavy atom. The summed E-state index contributed by atoms with van der Waals surface area (Å²) in [6.45, 7) is 7.80. The molecule has 0 aromatic heterocycles. The van der Waals surface area contributed by atoms with Crippen LogP contribution in [0.2, 0.25) is 0 Å². The quantitative estimate of drug-likeness (QED) is 0.898. The Kier molecular flexibility index (Phi) is 4.76. The summed E-state index contributed by atoms with van der Waals surface area (Å²) in [5.74, 6) is 0.895. The Morgan fingerprint density at radius 3 is 2.43 bits per heavy atom. The summed E-state index contributed by atoms with van der Waals surface area (Å²) in [4.78, 5) is 0.290. The molecule has 21 heavy (non-hydrogen) atoms. The SMILES string of the molecule is Cc1cc(CO)cc(S(=O)(=O)NC2CCC(C)C2C)c1C. The number of sulfonamides is 1. The molecule has 3 atom stereocenters. The fraction of sp³-hybridized carbons (Fsp3) is 0.625. The lowest BCUT2D eigenvalue weighted by molar-refractivity contribution is 0.281. The van der Waals surface area contributed by atoms with E-state index in [0.717, 1.165) is 24.0 Å². The van der Waals surface area contributed by atoms with E-state index in [0.29, 0.717) is 22.3 Å². The summed E-state index contributed by atoms with van der Waals surface area (Å²) < 4.78 is 28.2. The van der Waals surface area contributed by atoms with Crippen molar-refractivity contribution in [2.45, 2.75) is 58.1 Å². The van der Waals surface area contributed by atoms with E-state index in [1.807, 2.05) is 19.9 Å². The van der Waals surface area contributed by atoms with Gasteiger partial charge in [0.05, 0.1) is 11.5 Å². The molecule has 0 bridgehead atoms. The Labute approximate surface area is 127 Å². The Morgan fingerprint density at radius 2 is 1.90 bits per heavy atom. The van der Waals surface area contributed by atoms with Gasteiger partial charge in [0.15, 0.2) is 0 Å². The molecule has 2 N–H and O–H groups in total. The summed E-state index contributed by atoms with van der Waals surface area (Å²) in [6.07, 6.45) is 1.95. The highest BCUT2D eigenvalue weighted by atomic mass is 32.2. The first-order valence-corrected chi connectivity index (χ1v) is 8.98. The van der Waals surface area contributed by atoms with Gasteiger partial charge in [-0.05, 0) is 61.3 Å². The molecule has 4 nitrogen and oxygen atoms in total. The minimum absolute atomic E-state index is 0.00230. The molecular weight excluding hydrogens is 286 g/mol. The van der Waals surface area contributed by atoms with Gasteiger partial charge in [0.1, 0.15) is 0 Å². The van der Waals surface area contributed by atoms with Crippen LogP contribution in [-0.4, -0.2) is 19.6 Å². The van der Waals surface area contributed by atoms with Gasteiger partial charge >= 0.3 is 0 Å². The third-order valence-electron chi connectivity index (χ3n) is 4.92. The van der Waals surface area contributed by atoms with Crippen LogP contribution in [0, 0.1) is 25.7 Å². The standard InChI is InChI=1S/C16H25NO3S/c1-10-5-6-15(12(10)3)17-21(19,20)16-8-14(9-18)7-11(2)13(16)4/h7-8,10,12,15,17-18H,5-6,9H2,1-4H3. The van der Waals surface area contributed by atoms with Crippen molar-refractivity contribution >= 4 is 10.0 Å². The Hall–Kier alpha value is -0.910. The zero-order valence-electron chi connectivity index (χ0n) is 13.2. The van der Waals surface area contributed by atoms with Crippen LogP contribution in [0.15, 0.2) is 17.0 Å². The molecule has 1 aliphatic rings. The van der Waals surface area contributed by atoms with E-state index in [2.05, 4.69) is 18.6 Å². The van der Waals surface area contributed by atoms with Gasteiger partial charge in [-0.15, -0.1) is 0 Å². The van der Waals surface area contributed by atoms with Gasteiger partial charge in [0.2, 0.25) is 10.0 Å². The van der Waals surface area contributed by atoms with Crippen LogP contribution >= 0.6 is 0 Å². The number of hydrogen-bond acceptors (Lipinski definition) is 3. The maximum Gasteiger partial charge on any atom is 0.241 e. The first-order chi connectivity index (χ1) is 9.76. The largest absolute Gasteiger partial charge is 0.392 e. The van der Waals surface area contributed by atoms with Crippen LogP contribution in [0.1, 0.15) is 43.4 Å². The molecule has 0 heterocycles. The average molecular weight is 311 g/mol. The van der Waals surface area contributed by atoms with E-state index in [-0.39, 0.29) is 12.6 Å². The van der Waals surface area contributed by atoms with E-state index in [9.17, 15) is 13.5 Å². The zero-order chi connectivity index (χ0) is 15.8. The predicted molar refractivity (Wildman–Crippen MR) is 83.5 cm³/mol. The number of benzene rings is 1. The molecule has 0 amide bonds. The number of hydrogen-bond donors (Lipinski definition) is 2. The lowest BCUT2D eigenvalue weighted by Gasteiger charge is -2.21. The van der Waals surface area contributed by atoms with Crippen LogP contribution in [-0.2, 0) is 16.6 Å². The first-order valence-electron chi connectivity index (χ1n) is 7.49. The molecule has 118 valence electrons. The first kappa shape index (κ1) is 16.5. The second kappa shape index (κ2) is 6.07. The summed E-state index contributed by atoms with van der Waals surface area (Å²) >= 11 is 0. The van der Waals surface area contributed by atoms with Crippen molar-refractivity contribution in [1.82, 2.24) is 4.72 Å². The number of aliphatic hydroxyl groups is 1. The number of rotatable bonds is 4. The maximum absolute atomic E-state index is 12.7. The molecule has 1 fully saturated rings. The molecule has 1 aromatic rings. The topological polar surface area (TPSA) is 66.4 Å². The van der Waals surface area contributed by atoms with Gasteiger partial charge in [-0.2, -0.15) is 0 Å². The van der Waals surface area contributed by atoms with Crippen molar-refractivity contribution in [2.75, 3.05) is 0 Å². The summed E-state index contributed by atoms with van der Waals surface area (Å²) in [5.41, 5.74) is 2.26. The summed E-state index contributed by atoms with van der Waals surface area (Å²) in [7, 11) is -3.55. The molecule has 0 aliphatic heterocycles. The maximum atomic E-state index is 12.7. The highest BCUT2D eigenvalue weighted by Gasteiger charge is 2.33. The second-order valence-corrected chi connectivity index (χ2v) is 8.02. The molecule has 3 unspecified atom stereocenters. The van der Waals surface area contributed by atoms with Crippen LogP contribution in [0.3, 0.4) is 0 Å². The number of aliphatic hydroxyl groups excluding tert-OH is 1. The minimum atomic E-state index is -3.55. The minimum Gasteiger partial charge on any atom is -0.392 e. The van der Waals surface area contributed by atoms with Crippen molar-refractivity contribution in [3.63, 3.8) is 0 Å². The van der Waals surface area contributed by atoms with Crippen LogP contribution in [0.25, 0.3) is 0 Å². The van der Waals surface area contributed by atoms with Crippen LogP contribution in [0.4, 0.5) is 0 Å². The molecule has 1 saturated carbocycles. The van der Waals surface area contributed by atoms with E-state index >= 15 is 0 Å². The van der Waals surface area contributed by atoms with Gasteiger partial charge in [0, 0.05) is 6.04 Å². The molecule has 5 heteroatoms. The second-order valence-electron chi connectivity index (χ2n) is 6.34. The molecule has 0 spiro atoms. The molecule has 2 rings (SSSR count). The van der Waals surface area contributed by atoms with E-state index < -0.39 is 10.0 Å². The molecular formula is C16H25NO3S.